The number of benzene rings is 2. The molecule has 112 valence electrons. The molecule has 0 unspecified atom stereocenters. The Balaban J connectivity index is 1.71. The Kier molecular flexibility index (Phi) is 3.65. The zero-order chi connectivity index (χ0) is 15.5. The van der Waals surface area contributed by atoms with E-state index < -0.39 is 12.1 Å². The molecule has 0 aliphatic carbocycles. The van der Waals surface area contributed by atoms with Crippen molar-refractivity contribution < 1.29 is 23.8 Å². The molecule has 1 aromatic heterocycles. The monoisotopic (exact) mass is 299 g/mol. The van der Waals surface area contributed by atoms with Gasteiger partial charge in [-0.25, -0.2) is 4.79 Å². The molecule has 0 spiro atoms. The fourth-order valence-electron chi connectivity index (χ4n) is 1.84. The van der Waals surface area contributed by atoms with E-state index in [0.29, 0.717) is 22.6 Å². The summed E-state index contributed by atoms with van der Waals surface area (Å²) in [7, 11) is 0. The summed E-state index contributed by atoms with van der Waals surface area (Å²) in [5.41, 5.74) is 1.36. The molecule has 22 heavy (non-hydrogen) atoms. The third-order valence-electron chi connectivity index (χ3n) is 2.96. The molecule has 0 aliphatic heterocycles. The van der Waals surface area contributed by atoms with Gasteiger partial charge in [-0.05, 0) is 43.3 Å². The lowest BCUT2D eigenvalue weighted by Gasteiger charge is -2.10. The summed E-state index contributed by atoms with van der Waals surface area (Å²) >= 11 is 0. The van der Waals surface area contributed by atoms with Gasteiger partial charge in [0.05, 0.1) is 0 Å². The smallest absolute Gasteiger partial charge is 0.400 e. The van der Waals surface area contributed by atoms with Crippen molar-refractivity contribution in [3.05, 3.63) is 48.5 Å². The number of aliphatic carboxylic acids is 1. The van der Waals surface area contributed by atoms with Crippen LogP contribution in [0.5, 0.6) is 17.6 Å². The lowest BCUT2D eigenvalue weighted by molar-refractivity contribution is -0.144. The average Bonchev–Trinajstić information content (AvgIpc) is 2.91. The first-order valence-electron chi connectivity index (χ1n) is 6.65. The highest BCUT2D eigenvalue weighted by atomic mass is 16.6. The maximum Gasteiger partial charge on any atom is 0.400 e. The minimum Gasteiger partial charge on any atom is -0.479 e. The summed E-state index contributed by atoms with van der Waals surface area (Å²) < 4.78 is 16.2. The van der Waals surface area contributed by atoms with E-state index in [-0.39, 0.29) is 6.08 Å². The number of hydrogen-bond donors (Lipinski definition) is 1. The van der Waals surface area contributed by atoms with Crippen molar-refractivity contribution in [1.82, 2.24) is 4.98 Å². The molecule has 0 amide bonds. The minimum atomic E-state index is -1.02. The van der Waals surface area contributed by atoms with Gasteiger partial charge in [0.2, 0.25) is 0 Å². The van der Waals surface area contributed by atoms with Crippen molar-refractivity contribution in [3.63, 3.8) is 0 Å². The van der Waals surface area contributed by atoms with Crippen LogP contribution in [-0.2, 0) is 4.79 Å². The number of fused-ring (bicyclic) bond motifs is 1. The molecule has 1 N–H and O–H groups in total. The third-order valence-corrected chi connectivity index (χ3v) is 2.96. The largest absolute Gasteiger partial charge is 0.479 e. The molecular weight excluding hydrogens is 286 g/mol. The predicted molar refractivity (Wildman–Crippen MR) is 78.3 cm³/mol. The normalized spacial score (nSPS) is 12.0. The molecule has 2 aromatic carbocycles. The Morgan fingerprint density at radius 3 is 2.50 bits per heavy atom. The van der Waals surface area contributed by atoms with Gasteiger partial charge in [0.1, 0.15) is 17.0 Å². The predicted octanol–water partition coefficient (Wildman–Crippen LogP) is 3.47. The number of ether oxygens (including phenoxy) is 2. The summed E-state index contributed by atoms with van der Waals surface area (Å²) in [6, 6.07) is 13.9. The summed E-state index contributed by atoms with van der Waals surface area (Å²) in [4.78, 5) is 14.9. The van der Waals surface area contributed by atoms with Crippen LogP contribution in [0.15, 0.2) is 52.9 Å². The lowest BCUT2D eigenvalue weighted by atomic mass is 10.3. The number of carbonyl (C=O) groups is 1. The molecule has 6 nitrogen and oxygen atoms in total. The van der Waals surface area contributed by atoms with Crippen molar-refractivity contribution in [2.24, 2.45) is 0 Å². The SMILES string of the molecule is C[C@@H](Oc1ccc(Oc2nc3ccccc3o2)cc1)C(=O)O. The maximum atomic E-state index is 10.7. The number of aromatic nitrogens is 1. The van der Waals surface area contributed by atoms with E-state index in [0.717, 1.165) is 0 Å². The molecule has 0 bridgehead atoms. The Bertz CT molecular complexity index is 761. The number of nitrogens with zero attached hydrogens (tertiary/aromatic N) is 1. The third kappa shape index (κ3) is 3.01. The molecule has 6 heteroatoms. The maximum absolute atomic E-state index is 10.7. The van der Waals surface area contributed by atoms with Crippen molar-refractivity contribution >= 4 is 17.1 Å². The molecule has 1 heterocycles. The van der Waals surface area contributed by atoms with Crippen LogP contribution in [0, 0.1) is 0 Å². The van der Waals surface area contributed by atoms with E-state index in [9.17, 15) is 4.79 Å². The highest BCUT2D eigenvalue weighted by Gasteiger charge is 2.12. The van der Waals surface area contributed by atoms with Gasteiger partial charge in [0.25, 0.3) is 0 Å². The lowest BCUT2D eigenvalue weighted by Crippen LogP contribution is -2.22. The quantitative estimate of drug-likeness (QED) is 0.776. The van der Waals surface area contributed by atoms with E-state index >= 15 is 0 Å². The molecule has 1 atom stereocenters. The van der Waals surface area contributed by atoms with Crippen LogP contribution in [0.4, 0.5) is 0 Å². The number of rotatable bonds is 5. The van der Waals surface area contributed by atoms with Gasteiger partial charge in [0.15, 0.2) is 11.7 Å². The molecule has 0 saturated carbocycles. The standard InChI is InChI=1S/C16H13NO5/c1-10(15(18)19)20-11-6-8-12(9-7-11)21-16-17-13-4-2-3-5-14(13)22-16/h2-10H,1H3,(H,18,19)/t10-/m1/s1. The molecule has 0 saturated heterocycles. The van der Waals surface area contributed by atoms with E-state index in [1.807, 2.05) is 18.2 Å². The molecule has 0 fully saturated rings. The molecular formula is C16H13NO5. The van der Waals surface area contributed by atoms with Crippen LogP contribution in [-0.4, -0.2) is 22.2 Å². The average molecular weight is 299 g/mol. The second-order valence-corrected chi connectivity index (χ2v) is 4.62. The molecule has 0 radical (unpaired) electrons. The van der Waals surface area contributed by atoms with Gasteiger partial charge in [-0.1, -0.05) is 12.1 Å². The fourth-order valence-corrected chi connectivity index (χ4v) is 1.84. The first kappa shape index (κ1) is 13.9. The number of oxazole rings is 1. The summed E-state index contributed by atoms with van der Waals surface area (Å²) in [5, 5.41) is 8.79. The number of hydrogen-bond acceptors (Lipinski definition) is 5. The second kappa shape index (κ2) is 5.77. The summed E-state index contributed by atoms with van der Waals surface area (Å²) in [6.45, 7) is 1.46. The van der Waals surface area contributed by atoms with Crippen molar-refractivity contribution in [2.45, 2.75) is 13.0 Å². The first-order valence-corrected chi connectivity index (χ1v) is 6.65. The first-order chi connectivity index (χ1) is 10.6. The zero-order valence-corrected chi connectivity index (χ0v) is 11.7. The minimum absolute atomic E-state index is 0.147. The Labute approximate surface area is 125 Å². The second-order valence-electron chi connectivity index (χ2n) is 4.62. The van der Waals surface area contributed by atoms with Gasteiger partial charge >= 0.3 is 12.0 Å². The topological polar surface area (TPSA) is 81.8 Å². The van der Waals surface area contributed by atoms with Gasteiger partial charge in [-0.2, -0.15) is 4.98 Å². The van der Waals surface area contributed by atoms with E-state index in [2.05, 4.69) is 4.98 Å². The zero-order valence-electron chi connectivity index (χ0n) is 11.7. The number of carboxylic acid groups (broad SMARTS) is 1. The van der Waals surface area contributed by atoms with Crippen LogP contribution in [0.3, 0.4) is 0 Å². The van der Waals surface area contributed by atoms with E-state index in [4.69, 9.17) is 19.0 Å². The van der Waals surface area contributed by atoms with Crippen molar-refractivity contribution in [1.29, 1.82) is 0 Å². The number of carboxylic acids is 1. The summed E-state index contributed by atoms with van der Waals surface area (Å²) in [5.74, 6) is -0.0616. The fraction of sp³-hybridized carbons (Fsp3) is 0.125. The Hall–Kier alpha value is -3.02. The van der Waals surface area contributed by atoms with Gasteiger partial charge in [0, 0.05) is 0 Å². The summed E-state index contributed by atoms with van der Waals surface area (Å²) in [6.07, 6.45) is -0.766. The van der Waals surface area contributed by atoms with Crippen LogP contribution in [0.25, 0.3) is 11.1 Å². The highest BCUT2D eigenvalue weighted by Crippen LogP contribution is 2.26. The van der Waals surface area contributed by atoms with Crippen molar-refractivity contribution in [3.8, 4) is 17.6 Å². The van der Waals surface area contributed by atoms with Crippen LogP contribution < -0.4 is 9.47 Å². The highest BCUT2D eigenvalue weighted by molar-refractivity contribution is 5.73. The van der Waals surface area contributed by atoms with Crippen LogP contribution in [0.2, 0.25) is 0 Å². The Morgan fingerprint density at radius 2 is 1.82 bits per heavy atom. The van der Waals surface area contributed by atoms with Crippen molar-refractivity contribution in [2.75, 3.05) is 0 Å². The van der Waals surface area contributed by atoms with E-state index in [1.165, 1.54) is 6.92 Å². The Morgan fingerprint density at radius 1 is 1.14 bits per heavy atom. The molecule has 3 aromatic rings. The van der Waals surface area contributed by atoms with Gasteiger partial charge in [-0.15, -0.1) is 0 Å². The van der Waals surface area contributed by atoms with Gasteiger partial charge in [-0.3, -0.25) is 0 Å². The van der Waals surface area contributed by atoms with Gasteiger partial charge < -0.3 is 19.0 Å². The van der Waals surface area contributed by atoms with Crippen LogP contribution in [0.1, 0.15) is 6.92 Å². The number of para-hydroxylation sites is 2. The van der Waals surface area contributed by atoms with Crippen LogP contribution >= 0.6 is 0 Å². The molecule has 0 aliphatic rings. The van der Waals surface area contributed by atoms with E-state index in [1.54, 1.807) is 30.3 Å². The molecule has 3 rings (SSSR count).